The normalized spacial score (nSPS) is 17.5. The van der Waals surface area contributed by atoms with E-state index in [0.717, 1.165) is 10.7 Å². The lowest BCUT2D eigenvalue weighted by Gasteiger charge is -2.23. The summed E-state index contributed by atoms with van der Waals surface area (Å²) in [6.07, 6.45) is 1.11. The summed E-state index contributed by atoms with van der Waals surface area (Å²) in [5.74, 6) is 0.450. The van der Waals surface area contributed by atoms with Gasteiger partial charge in [-0.2, -0.15) is 4.31 Å². The van der Waals surface area contributed by atoms with E-state index in [1.807, 2.05) is 12.3 Å². The van der Waals surface area contributed by atoms with Gasteiger partial charge in [0.05, 0.1) is 36.4 Å². The molecule has 1 amide bonds. The van der Waals surface area contributed by atoms with Crippen LogP contribution < -0.4 is 14.8 Å². The number of amides is 1. The van der Waals surface area contributed by atoms with Gasteiger partial charge < -0.3 is 14.8 Å². The first-order chi connectivity index (χ1) is 13.4. The molecule has 8 nitrogen and oxygen atoms in total. The highest BCUT2D eigenvalue weighted by Crippen LogP contribution is 2.33. The number of rotatable bonds is 7. The number of benzene rings is 1. The van der Waals surface area contributed by atoms with Crippen molar-refractivity contribution >= 4 is 27.3 Å². The number of nitrogens with zero attached hydrogens (tertiary/aromatic N) is 2. The van der Waals surface area contributed by atoms with Gasteiger partial charge in [0.15, 0.2) is 11.5 Å². The summed E-state index contributed by atoms with van der Waals surface area (Å²) in [5, 5.41) is 5.60. The molecule has 2 aromatic rings. The second-order valence-corrected chi connectivity index (χ2v) is 9.32. The molecule has 1 aromatic carbocycles. The average molecular weight is 426 g/mol. The largest absolute Gasteiger partial charge is 0.493 e. The van der Waals surface area contributed by atoms with Crippen LogP contribution >= 0.6 is 11.3 Å². The predicted molar refractivity (Wildman–Crippen MR) is 105 cm³/mol. The third kappa shape index (κ3) is 4.13. The van der Waals surface area contributed by atoms with Gasteiger partial charge in [-0.15, -0.1) is 11.3 Å². The minimum atomic E-state index is -3.85. The number of methoxy groups -OCH3 is 2. The Labute approximate surface area is 168 Å². The minimum absolute atomic E-state index is 0.0694. The standard InChI is InChI=1S/C18H23N3O5S2/c1-12-20-13(11-27-12)10-19-18(22)15-5-4-8-21(15)28(23,24)14-6-7-16(25-2)17(9-14)26-3/h6-7,9,11,15H,4-5,8,10H2,1-3H3,(H,19,22). The van der Waals surface area contributed by atoms with Crippen molar-refractivity contribution in [2.24, 2.45) is 0 Å². The predicted octanol–water partition coefficient (Wildman–Crippen LogP) is 1.94. The number of thiazole rings is 1. The number of nitrogens with one attached hydrogen (secondary N) is 1. The summed E-state index contributed by atoms with van der Waals surface area (Å²) in [6.45, 7) is 2.47. The topological polar surface area (TPSA) is 97.8 Å². The summed E-state index contributed by atoms with van der Waals surface area (Å²) < 4.78 is 37.9. The van der Waals surface area contributed by atoms with E-state index in [4.69, 9.17) is 9.47 Å². The molecule has 1 saturated heterocycles. The number of aromatic nitrogens is 1. The van der Waals surface area contributed by atoms with Gasteiger partial charge in [0, 0.05) is 18.0 Å². The highest BCUT2D eigenvalue weighted by atomic mass is 32.2. The van der Waals surface area contributed by atoms with E-state index in [0.29, 0.717) is 30.9 Å². The lowest BCUT2D eigenvalue weighted by atomic mass is 10.2. The van der Waals surface area contributed by atoms with Crippen LogP contribution in [0.15, 0.2) is 28.5 Å². The van der Waals surface area contributed by atoms with Crippen molar-refractivity contribution in [2.75, 3.05) is 20.8 Å². The lowest BCUT2D eigenvalue weighted by Crippen LogP contribution is -2.45. The summed E-state index contributed by atoms with van der Waals surface area (Å²) in [4.78, 5) is 17.0. The number of hydrogen-bond acceptors (Lipinski definition) is 7. The minimum Gasteiger partial charge on any atom is -0.493 e. The molecule has 3 rings (SSSR count). The quantitative estimate of drug-likeness (QED) is 0.728. The Balaban J connectivity index is 1.77. The van der Waals surface area contributed by atoms with Gasteiger partial charge in [-0.3, -0.25) is 4.79 Å². The molecule has 1 aliphatic heterocycles. The summed E-state index contributed by atoms with van der Waals surface area (Å²) >= 11 is 1.51. The molecule has 0 aliphatic carbocycles. The van der Waals surface area contributed by atoms with Gasteiger partial charge in [0.2, 0.25) is 15.9 Å². The zero-order valence-corrected chi connectivity index (χ0v) is 17.6. The highest BCUT2D eigenvalue weighted by molar-refractivity contribution is 7.89. The van der Waals surface area contributed by atoms with Crippen molar-refractivity contribution in [3.8, 4) is 11.5 Å². The molecule has 1 unspecified atom stereocenters. The maximum absolute atomic E-state index is 13.1. The Morgan fingerprint density at radius 2 is 2.07 bits per heavy atom. The Morgan fingerprint density at radius 1 is 1.32 bits per heavy atom. The van der Waals surface area contributed by atoms with Crippen LogP contribution in [0.2, 0.25) is 0 Å². The highest BCUT2D eigenvalue weighted by Gasteiger charge is 2.39. The van der Waals surface area contributed by atoms with Crippen molar-refractivity contribution in [1.82, 2.24) is 14.6 Å². The summed E-state index contributed by atoms with van der Waals surface area (Å²) in [5.41, 5.74) is 0.767. The molecule has 1 fully saturated rings. The molecule has 1 N–H and O–H groups in total. The van der Waals surface area contributed by atoms with E-state index >= 15 is 0 Å². The SMILES string of the molecule is COc1ccc(S(=O)(=O)N2CCCC2C(=O)NCc2csc(C)n2)cc1OC. The van der Waals surface area contributed by atoms with Crippen LogP contribution in [0, 0.1) is 6.92 Å². The van der Waals surface area contributed by atoms with Crippen molar-refractivity contribution in [3.63, 3.8) is 0 Å². The van der Waals surface area contributed by atoms with Crippen LogP contribution in [0.4, 0.5) is 0 Å². The van der Waals surface area contributed by atoms with Gasteiger partial charge in [0.25, 0.3) is 0 Å². The molecule has 0 radical (unpaired) electrons. The van der Waals surface area contributed by atoms with Crippen LogP contribution in [0.5, 0.6) is 11.5 Å². The molecule has 0 saturated carbocycles. The molecule has 152 valence electrons. The number of aryl methyl sites for hydroxylation is 1. The zero-order chi connectivity index (χ0) is 20.3. The maximum atomic E-state index is 13.1. The molecule has 1 aromatic heterocycles. The number of carbonyl (C=O) groups excluding carboxylic acids is 1. The lowest BCUT2D eigenvalue weighted by molar-refractivity contribution is -0.124. The van der Waals surface area contributed by atoms with Crippen LogP contribution in [0.25, 0.3) is 0 Å². The van der Waals surface area contributed by atoms with E-state index < -0.39 is 16.1 Å². The molecule has 1 atom stereocenters. The van der Waals surface area contributed by atoms with Crippen molar-refractivity contribution in [1.29, 1.82) is 0 Å². The first-order valence-corrected chi connectivity index (χ1v) is 11.1. The fourth-order valence-electron chi connectivity index (χ4n) is 3.19. The monoisotopic (exact) mass is 425 g/mol. The maximum Gasteiger partial charge on any atom is 0.243 e. The Bertz CT molecular complexity index is 958. The van der Waals surface area contributed by atoms with Crippen molar-refractivity contribution in [3.05, 3.63) is 34.3 Å². The Morgan fingerprint density at radius 3 is 2.71 bits per heavy atom. The van der Waals surface area contributed by atoms with Crippen molar-refractivity contribution < 1.29 is 22.7 Å². The van der Waals surface area contributed by atoms with Gasteiger partial charge in [-0.05, 0) is 31.9 Å². The molecule has 1 aliphatic rings. The second-order valence-electron chi connectivity index (χ2n) is 6.37. The Hall–Kier alpha value is -2.17. The van der Waals surface area contributed by atoms with Crippen molar-refractivity contribution in [2.45, 2.75) is 37.2 Å². The second kappa shape index (κ2) is 8.46. The first-order valence-electron chi connectivity index (χ1n) is 8.79. The third-order valence-corrected chi connectivity index (χ3v) is 7.30. The molecule has 10 heteroatoms. The van der Waals surface area contributed by atoms with Gasteiger partial charge in [0.1, 0.15) is 6.04 Å². The van der Waals surface area contributed by atoms with Crippen LogP contribution in [-0.4, -0.2) is 50.4 Å². The molecule has 0 bridgehead atoms. The van der Waals surface area contributed by atoms with E-state index in [9.17, 15) is 13.2 Å². The summed E-state index contributed by atoms with van der Waals surface area (Å²) in [7, 11) is -0.918. The van der Waals surface area contributed by atoms with Crippen LogP contribution in [0.1, 0.15) is 23.5 Å². The molecular weight excluding hydrogens is 402 g/mol. The van der Waals surface area contributed by atoms with Gasteiger partial charge >= 0.3 is 0 Å². The first kappa shape index (κ1) is 20.6. The van der Waals surface area contributed by atoms with Gasteiger partial charge in [-0.25, -0.2) is 13.4 Å². The average Bonchev–Trinajstić information content (AvgIpc) is 3.35. The zero-order valence-electron chi connectivity index (χ0n) is 16.0. The number of carbonyl (C=O) groups is 1. The fourth-order valence-corrected chi connectivity index (χ4v) is 5.47. The number of hydrogen-bond donors (Lipinski definition) is 1. The fraction of sp³-hybridized carbons (Fsp3) is 0.444. The van der Waals surface area contributed by atoms with E-state index in [-0.39, 0.29) is 17.3 Å². The molecular formula is C18H23N3O5S2. The Kier molecular flexibility index (Phi) is 6.21. The number of sulfonamides is 1. The number of ether oxygens (including phenoxy) is 2. The van der Waals surface area contributed by atoms with E-state index in [1.165, 1.54) is 42.0 Å². The third-order valence-electron chi connectivity index (χ3n) is 4.58. The van der Waals surface area contributed by atoms with E-state index in [2.05, 4.69) is 10.3 Å². The van der Waals surface area contributed by atoms with Crippen LogP contribution in [-0.2, 0) is 21.4 Å². The molecule has 0 spiro atoms. The van der Waals surface area contributed by atoms with E-state index in [1.54, 1.807) is 6.07 Å². The smallest absolute Gasteiger partial charge is 0.243 e. The van der Waals surface area contributed by atoms with Crippen LogP contribution in [0.3, 0.4) is 0 Å². The molecule has 2 heterocycles. The molecule has 28 heavy (non-hydrogen) atoms. The summed E-state index contributed by atoms with van der Waals surface area (Å²) in [6, 6.07) is 3.68. The van der Waals surface area contributed by atoms with Gasteiger partial charge in [-0.1, -0.05) is 0 Å².